The predicted octanol–water partition coefficient (Wildman–Crippen LogP) is -0.963. The van der Waals surface area contributed by atoms with E-state index in [9.17, 15) is 8.42 Å². The Morgan fingerprint density at radius 1 is 1.57 bits per heavy atom. The van der Waals surface area contributed by atoms with Crippen LogP contribution in [0.15, 0.2) is 5.16 Å². The summed E-state index contributed by atoms with van der Waals surface area (Å²) in [5.74, 6) is -0.0284. The van der Waals surface area contributed by atoms with Gasteiger partial charge in [-0.1, -0.05) is 5.16 Å². The molecule has 7 nitrogen and oxygen atoms in total. The Morgan fingerprint density at radius 2 is 2.07 bits per heavy atom. The SMILES string of the molecule is CC(C)N(CCC(N)=NO)S(N)(=O)=O. The number of hydrogen-bond acceptors (Lipinski definition) is 4. The fourth-order valence-electron chi connectivity index (χ4n) is 0.954. The van der Waals surface area contributed by atoms with Gasteiger partial charge in [0.1, 0.15) is 5.84 Å². The molecule has 0 aliphatic carbocycles. The van der Waals surface area contributed by atoms with E-state index < -0.39 is 10.2 Å². The van der Waals surface area contributed by atoms with Crippen molar-refractivity contribution in [3.05, 3.63) is 0 Å². The van der Waals surface area contributed by atoms with Gasteiger partial charge in [-0.25, -0.2) is 5.14 Å². The van der Waals surface area contributed by atoms with E-state index in [1.807, 2.05) is 0 Å². The third-order valence-electron chi connectivity index (χ3n) is 1.62. The van der Waals surface area contributed by atoms with Gasteiger partial charge in [-0.2, -0.15) is 12.7 Å². The molecule has 0 bridgehead atoms. The van der Waals surface area contributed by atoms with Crippen LogP contribution in [0.3, 0.4) is 0 Å². The molecule has 0 heterocycles. The van der Waals surface area contributed by atoms with Crippen molar-refractivity contribution in [2.24, 2.45) is 16.0 Å². The number of oxime groups is 1. The van der Waals surface area contributed by atoms with Crippen LogP contribution in [0.1, 0.15) is 20.3 Å². The van der Waals surface area contributed by atoms with Crippen LogP contribution >= 0.6 is 0 Å². The summed E-state index contributed by atoms with van der Waals surface area (Å²) in [5.41, 5.74) is 5.20. The molecule has 0 saturated heterocycles. The molecule has 0 spiro atoms. The first kappa shape index (κ1) is 13.1. The van der Waals surface area contributed by atoms with Crippen LogP contribution in [0.4, 0.5) is 0 Å². The average molecular weight is 224 g/mol. The van der Waals surface area contributed by atoms with E-state index in [2.05, 4.69) is 5.16 Å². The number of nitrogens with zero attached hydrogens (tertiary/aromatic N) is 2. The predicted molar refractivity (Wildman–Crippen MR) is 53.0 cm³/mol. The van der Waals surface area contributed by atoms with Crippen LogP contribution in [0.2, 0.25) is 0 Å². The Kier molecular flexibility index (Phi) is 4.81. The van der Waals surface area contributed by atoms with E-state index >= 15 is 0 Å². The molecule has 84 valence electrons. The molecule has 0 aromatic carbocycles. The minimum absolute atomic E-state index is 0.0284. The second-order valence-electron chi connectivity index (χ2n) is 3.09. The smallest absolute Gasteiger partial charge is 0.277 e. The second kappa shape index (κ2) is 5.13. The normalized spacial score (nSPS) is 13.9. The van der Waals surface area contributed by atoms with Crippen molar-refractivity contribution in [3.63, 3.8) is 0 Å². The van der Waals surface area contributed by atoms with Crippen LogP contribution in [0.5, 0.6) is 0 Å². The Balaban J connectivity index is 4.42. The molecule has 0 atom stereocenters. The maximum atomic E-state index is 11.0. The van der Waals surface area contributed by atoms with Gasteiger partial charge >= 0.3 is 0 Å². The number of hydrogen-bond donors (Lipinski definition) is 3. The van der Waals surface area contributed by atoms with Gasteiger partial charge in [-0.3, -0.25) is 0 Å². The summed E-state index contributed by atoms with van der Waals surface area (Å²) >= 11 is 0. The topological polar surface area (TPSA) is 122 Å². The molecule has 0 aromatic heterocycles. The molecule has 0 amide bonds. The molecule has 0 saturated carbocycles. The maximum absolute atomic E-state index is 11.0. The quantitative estimate of drug-likeness (QED) is 0.241. The zero-order valence-electron chi connectivity index (χ0n) is 8.21. The molecule has 5 N–H and O–H groups in total. The average Bonchev–Trinajstić information content (AvgIpc) is 2.01. The van der Waals surface area contributed by atoms with Crippen molar-refractivity contribution in [2.75, 3.05) is 6.54 Å². The maximum Gasteiger partial charge on any atom is 0.277 e. The summed E-state index contributed by atoms with van der Waals surface area (Å²) in [4.78, 5) is 0. The van der Waals surface area contributed by atoms with Gasteiger partial charge in [0, 0.05) is 19.0 Å². The second-order valence-corrected chi connectivity index (χ2v) is 4.59. The van der Waals surface area contributed by atoms with E-state index in [-0.39, 0.29) is 24.8 Å². The Bertz CT molecular complexity index is 298. The van der Waals surface area contributed by atoms with E-state index in [0.29, 0.717) is 0 Å². The first-order valence-corrected chi connectivity index (χ1v) is 5.55. The number of amidine groups is 1. The van der Waals surface area contributed by atoms with E-state index in [1.165, 1.54) is 0 Å². The molecular formula is C6H16N4O3S. The van der Waals surface area contributed by atoms with Crippen LogP contribution in [0.25, 0.3) is 0 Å². The highest BCUT2D eigenvalue weighted by Crippen LogP contribution is 2.03. The first-order valence-electron chi connectivity index (χ1n) is 4.05. The van der Waals surface area contributed by atoms with Crippen molar-refractivity contribution in [1.29, 1.82) is 0 Å². The highest BCUT2D eigenvalue weighted by atomic mass is 32.2. The minimum Gasteiger partial charge on any atom is -0.409 e. The van der Waals surface area contributed by atoms with Gasteiger partial charge in [-0.05, 0) is 13.8 Å². The molecule has 0 rings (SSSR count). The molecule has 14 heavy (non-hydrogen) atoms. The number of rotatable bonds is 5. The summed E-state index contributed by atoms with van der Waals surface area (Å²) in [5, 5.41) is 16.0. The van der Waals surface area contributed by atoms with Crippen LogP contribution in [0, 0.1) is 0 Å². The zero-order valence-corrected chi connectivity index (χ0v) is 9.03. The molecule has 0 aliphatic heterocycles. The Morgan fingerprint density at radius 3 is 2.36 bits per heavy atom. The lowest BCUT2D eigenvalue weighted by atomic mass is 10.3. The summed E-state index contributed by atoms with van der Waals surface area (Å²) in [7, 11) is -3.73. The third-order valence-corrected chi connectivity index (χ3v) is 2.88. The van der Waals surface area contributed by atoms with Gasteiger partial charge in [0.05, 0.1) is 0 Å². The van der Waals surface area contributed by atoms with Gasteiger partial charge in [0.25, 0.3) is 10.2 Å². The standard InChI is InChI=1S/C6H16N4O3S/c1-5(2)10(14(8,12)13)4-3-6(7)9-11/h5,11H,3-4H2,1-2H3,(H2,7,9)(H2,8,12,13). The van der Waals surface area contributed by atoms with Crippen LogP contribution < -0.4 is 10.9 Å². The molecule has 0 aromatic rings. The van der Waals surface area contributed by atoms with Crippen molar-refractivity contribution in [1.82, 2.24) is 4.31 Å². The molecular weight excluding hydrogens is 208 g/mol. The van der Waals surface area contributed by atoms with E-state index in [4.69, 9.17) is 16.1 Å². The third kappa shape index (κ3) is 4.40. The first-order chi connectivity index (χ1) is 6.29. The van der Waals surface area contributed by atoms with Crippen molar-refractivity contribution in [3.8, 4) is 0 Å². The fourth-order valence-corrected chi connectivity index (χ4v) is 1.89. The molecule has 0 fully saturated rings. The number of nitrogens with two attached hydrogens (primary N) is 2. The summed E-state index contributed by atoms with van der Waals surface area (Å²) < 4.78 is 23.1. The van der Waals surface area contributed by atoms with Crippen LogP contribution in [-0.4, -0.2) is 36.4 Å². The zero-order chi connectivity index (χ0) is 11.4. The molecule has 0 aliphatic rings. The van der Waals surface area contributed by atoms with Gasteiger partial charge in [-0.15, -0.1) is 0 Å². The lowest BCUT2D eigenvalue weighted by molar-refractivity contribution is 0.313. The highest BCUT2D eigenvalue weighted by molar-refractivity contribution is 7.86. The molecule has 0 unspecified atom stereocenters. The van der Waals surface area contributed by atoms with Gasteiger partial charge in [0.2, 0.25) is 0 Å². The monoisotopic (exact) mass is 224 g/mol. The molecule has 8 heteroatoms. The Labute approximate surface area is 83.5 Å². The van der Waals surface area contributed by atoms with Crippen LogP contribution in [-0.2, 0) is 10.2 Å². The fraction of sp³-hybridized carbons (Fsp3) is 0.833. The van der Waals surface area contributed by atoms with E-state index in [0.717, 1.165) is 4.31 Å². The minimum atomic E-state index is -3.73. The lowest BCUT2D eigenvalue weighted by Gasteiger charge is -2.22. The largest absolute Gasteiger partial charge is 0.409 e. The van der Waals surface area contributed by atoms with Crippen molar-refractivity contribution in [2.45, 2.75) is 26.3 Å². The van der Waals surface area contributed by atoms with Gasteiger partial charge in [0.15, 0.2) is 0 Å². The van der Waals surface area contributed by atoms with E-state index in [1.54, 1.807) is 13.8 Å². The summed E-state index contributed by atoms with van der Waals surface area (Å²) in [6.45, 7) is 3.49. The highest BCUT2D eigenvalue weighted by Gasteiger charge is 2.20. The van der Waals surface area contributed by atoms with Crippen molar-refractivity contribution >= 4 is 16.0 Å². The lowest BCUT2D eigenvalue weighted by Crippen LogP contribution is -2.43. The Hall–Kier alpha value is -0.860. The summed E-state index contributed by atoms with van der Waals surface area (Å²) in [6.07, 6.45) is 0.144. The summed E-state index contributed by atoms with van der Waals surface area (Å²) in [6, 6.07) is -0.253. The van der Waals surface area contributed by atoms with Crippen molar-refractivity contribution < 1.29 is 13.6 Å². The van der Waals surface area contributed by atoms with Gasteiger partial charge < -0.3 is 10.9 Å². The molecule has 0 radical (unpaired) electrons.